The number of aryl methyl sites for hydroxylation is 1. The van der Waals surface area contributed by atoms with Crippen LogP contribution in [0.1, 0.15) is 69.9 Å². The van der Waals surface area contributed by atoms with Crippen molar-refractivity contribution in [2.75, 3.05) is 19.8 Å². The summed E-state index contributed by atoms with van der Waals surface area (Å²) in [5.41, 5.74) is 2.85. The molecule has 1 heterocycles. The predicted molar refractivity (Wildman–Crippen MR) is 121 cm³/mol. The molecular weight excluding hydrogens is 376 g/mol. The van der Waals surface area contributed by atoms with Crippen LogP contribution in [0.15, 0.2) is 36.4 Å². The van der Waals surface area contributed by atoms with Crippen molar-refractivity contribution in [3.8, 4) is 0 Å². The highest BCUT2D eigenvalue weighted by molar-refractivity contribution is 5.86. The van der Waals surface area contributed by atoms with E-state index in [9.17, 15) is 9.90 Å². The van der Waals surface area contributed by atoms with Gasteiger partial charge in [0.05, 0.1) is 12.7 Å². The minimum Gasteiger partial charge on any atom is -0.462 e. The van der Waals surface area contributed by atoms with E-state index in [2.05, 4.69) is 37.8 Å². The maximum Gasteiger partial charge on any atom is 0.333 e. The van der Waals surface area contributed by atoms with E-state index in [1.807, 2.05) is 0 Å². The number of hydrogen-bond donors (Lipinski definition) is 1. The lowest BCUT2D eigenvalue weighted by Crippen LogP contribution is -2.26. The van der Waals surface area contributed by atoms with Gasteiger partial charge in [-0.05, 0) is 62.5 Å². The van der Waals surface area contributed by atoms with Gasteiger partial charge in [-0.3, -0.25) is 0 Å². The number of esters is 1. The fourth-order valence-corrected chi connectivity index (χ4v) is 3.99. The van der Waals surface area contributed by atoms with Gasteiger partial charge in [0.15, 0.2) is 0 Å². The van der Waals surface area contributed by atoms with E-state index in [0.717, 1.165) is 30.9 Å². The lowest BCUT2D eigenvalue weighted by Gasteiger charge is -2.29. The molecule has 0 aromatic heterocycles. The number of carbonyl (C=O) groups is 1. The summed E-state index contributed by atoms with van der Waals surface area (Å²) in [6.07, 6.45) is 11.0. The van der Waals surface area contributed by atoms with Gasteiger partial charge in [0, 0.05) is 24.7 Å². The number of hydrogen-bond acceptors (Lipinski definition) is 4. The van der Waals surface area contributed by atoms with Crippen molar-refractivity contribution in [1.29, 1.82) is 0 Å². The topological polar surface area (TPSA) is 55.8 Å². The quantitative estimate of drug-likeness (QED) is 0.271. The Labute approximate surface area is 182 Å². The first kappa shape index (κ1) is 24.6. The van der Waals surface area contributed by atoms with Crippen LogP contribution < -0.4 is 0 Å². The summed E-state index contributed by atoms with van der Waals surface area (Å²) >= 11 is 0. The van der Waals surface area contributed by atoms with Gasteiger partial charge in [0.1, 0.15) is 0 Å². The second-order valence-electron chi connectivity index (χ2n) is 8.88. The van der Waals surface area contributed by atoms with Crippen molar-refractivity contribution in [1.82, 2.24) is 0 Å². The van der Waals surface area contributed by atoms with Crippen LogP contribution >= 0.6 is 0 Å². The van der Waals surface area contributed by atoms with E-state index in [0.29, 0.717) is 18.1 Å². The van der Waals surface area contributed by atoms with Gasteiger partial charge in [-0.1, -0.05) is 57.0 Å². The number of aliphatic hydroxyl groups excluding tert-OH is 1. The molecule has 2 rings (SSSR count). The third-order valence-corrected chi connectivity index (χ3v) is 6.04. The number of carbonyl (C=O) groups excluding carboxylic acids is 1. The van der Waals surface area contributed by atoms with E-state index in [1.165, 1.54) is 44.1 Å². The summed E-state index contributed by atoms with van der Waals surface area (Å²) in [5, 5.41) is 9.57. The number of aliphatic hydroxyl groups is 1. The van der Waals surface area contributed by atoms with E-state index in [-0.39, 0.29) is 19.1 Å². The zero-order chi connectivity index (χ0) is 21.8. The van der Waals surface area contributed by atoms with Crippen molar-refractivity contribution in [3.63, 3.8) is 0 Å². The van der Waals surface area contributed by atoms with E-state index in [4.69, 9.17) is 9.47 Å². The Bertz CT molecular complexity index is 629. The Balaban J connectivity index is 1.69. The Hall–Kier alpha value is -1.65. The highest BCUT2D eigenvalue weighted by Crippen LogP contribution is 2.26. The highest BCUT2D eigenvalue weighted by atomic mass is 16.5. The summed E-state index contributed by atoms with van der Waals surface area (Å²) in [7, 11) is 0. The SMILES string of the molecule is C=C(C)C(=O)OCC(CO)Cc1ccc(CCC2CCC(CCCCC)CO2)cc1. The highest BCUT2D eigenvalue weighted by Gasteiger charge is 2.21. The third kappa shape index (κ3) is 9.01. The molecule has 3 atom stereocenters. The Kier molecular flexibility index (Phi) is 11.2. The van der Waals surface area contributed by atoms with E-state index < -0.39 is 5.97 Å². The molecular formula is C26H40O4. The van der Waals surface area contributed by atoms with Crippen molar-refractivity contribution >= 4 is 5.97 Å². The molecule has 0 bridgehead atoms. The van der Waals surface area contributed by atoms with E-state index >= 15 is 0 Å². The minimum atomic E-state index is -0.402. The standard InChI is InChI=1S/C26H40O4/c1-4-5-6-7-23-13-15-25(29-18-23)14-12-21-8-10-22(11-9-21)16-24(17-27)19-30-26(28)20(2)3/h8-11,23-25,27H,2,4-7,12-19H2,1,3H3. The minimum absolute atomic E-state index is 0.0102. The second-order valence-corrected chi connectivity index (χ2v) is 8.88. The fraction of sp³-hybridized carbons (Fsp3) is 0.654. The van der Waals surface area contributed by atoms with Gasteiger partial charge < -0.3 is 14.6 Å². The molecule has 0 aliphatic carbocycles. The molecule has 30 heavy (non-hydrogen) atoms. The number of unbranched alkanes of at least 4 members (excludes halogenated alkanes) is 2. The summed E-state index contributed by atoms with van der Waals surface area (Å²) in [5.74, 6) is 0.266. The number of rotatable bonds is 13. The van der Waals surface area contributed by atoms with Gasteiger partial charge in [0.25, 0.3) is 0 Å². The molecule has 0 radical (unpaired) electrons. The monoisotopic (exact) mass is 416 g/mol. The average molecular weight is 417 g/mol. The van der Waals surface area contributed by atoms with Crippen LogP contribution in [0.5, 0.6) is 0 Å². The Morgan fingerprint density at radius 2 is 1.93 bits per heavy atom. The molecule has 0 amide bonds. The zero-order valence-corrected chi connectivity index (χ0v) is 18.9. The van der Waals surface area contributed by atoms with Gasteiger partial charge in [-0.15, -0.1) is 0 Å². The van der Waals surface area contributed by atoms with Crippen LogP contribution in [0.2, 0.25) is 0 Å². The molecule has 3 unspecified atom stereocenters. The molecule has 1 fully saturated rings. The molecule has 4 heteroatoms. The van der Waals surface area contributed by atoms with Crippen LogP contribution in [-0.2, 0) is 27.1 Å². The first-order valence-electron chi connectivity index (χ1n) is 11.6. The summed E-state index contributed by atoms with van der Waals surface area (Å²) in [4.78, 5) is 11.5. The van der Waals surface area contributed by atoms with Crippen LogP contribution in [-0.4, -0.2) is 37.0 Å². The first-order chi connectivity index (χ1) is 14.5. The fourth-order valence-electron chi connectivity index (χ4n) is 3.99. The summed E-state index contributed by atoms with van der Waals surface area (Å²) in [6.45, 7) is 8.59. The molecule has 4 nitrogen and oxygen atoms in total. The lowest BCUT2D eigenvalue weighted by molar-refractivity contribution is -0.140. The maximum absolute atomic E-state index is 11.5. The van der Waals surface area contributed by atoms with Gasteiger partial charge >= 0.3 is 5.97 Å². The van der Waals surface area contributed by atoms with Gasteiger partial charge in [-0.25, -0.2) is 4.79 Å². The van der Waals surface area contributed by atoms with Gasteiger partial charge in [-0.2, -0.15) is 0 Å². The van der Waals surface area contributed by atoms with Gasteiger partial charge in [0.2, 0.25) is 0 Å². The molecule has 1 aliphatic rings. The molecule has 168 valence electrons. The normalized spacial score (nSPS) is 20.0. The zero-order valence-electron chi connectivity index (χ0n) is 18.9. The molecule has 1 aliphatic heterocycles. The number of benzene rings is 1. The molecule has 1 N–H and O–H groups in total. The second kappa shape index (κ2) is 13.6. The molecule has 1 aromatic carbocycles. The van der Waals surface area contributed by atoms with Crippen molar-refractivity contribution in [2.24, 2.45) is 11.8 Å². The average Bonchev–Trinajstić information content (AvgIpc) is 2.76. The summed E-state index contributed by atoms with van der Waals surface area (Å²) < 4.78 is 11.3. The lowest BCUT2D eigenvalue weighted by atomic mass is 9.91. The van der Waals surface area contributed by atoms with Crippen LogP contribution in [0.25, 0.3) is 0 Å². The van der Waals surface area contributed by atoms with Crippen molar-refractivity contribution in [2.45, 2.75) is 77.7 Å². The molecule has 0 spiro atoms. The maximum atomic E-state index is 11.5. The molecule has 0 saturated carbocycles. The smallest absolute Gasteiger partial charge is 0.333 e. The largest absolute Gasteiger partial charge is 0.462 e. The Morgan fingerprint density at radius 3 is 2.53 bits per heavy atom. The van der Waals surface area contributed by atoms with Crippen LogP contribution in [0.3, 0.4) is 0 Å². The predicted octanol–water partition coefficient (Wildman–Crippen LogP) is 5.27. The first-order valence-corrected chi connectivity index (χ1v) is 11.6. The number of ether oxygens (including phenoxy) is 2. The molecule has 1 saturated heterocycles. The van der Waals surface area contributed by atoms with E-state index in [1.54, 1.807) is 6.92 Å². The van der Waals surface area contributed by atoms with Crippen LogP contribution in [0, 0.1) is 11.8 Å². The molecule has 1 aromatic rings. The third-order valence-electron chi connectivity index (χ3n) is 6.04. The van der Waals surface area contributed by atoms with Crippen molar-refractivity contribution in [3.05, 3.63) is 47.5 Å². The van der Waals surface area contributed by atoms with Crippen molar-refractivity contribution < 1.29 is 19.4 Å². The van der Waals surface area contributed by atoms with Crippen LogP contribution in [0.4, 0.5) is 0 Å². The Morgan fingerprint density at radius 1 is 1.20 bits per heavy atom. The summed E-state index contributed by atoms with van der Waals surface area (Å²) in [6, 6.07) is 8.56.